The zero-order valence-corrected chi connectivity index (χ0v) is 15.2. The monoisotopic (exact) mass is 290 g/mol. The van der Waals surface area contributed by atoms with Crippen LogP contribution in [0.15, 0.2) is 24.3 Å². The van der Waals surface area contributed by atoms with Crippen LogP contribution in [0.2, 0.25) is 0 Å². The molecular formula is C19H34N2. The molecule has 0 aliphatic carbocycles. The van der Waals surface area contributed by atoms with Crippen LogP contribution >= 0.6 is 0 Å². The fraction of sp³-hybridized carbons (Fsp3) is 0.684. The van der Waals surface area contributed by atoms with Crippen LogP contribution < -0.4 is 5.32 Å². The van der Waals surface area contributed by atoms with E-state index in [-0.39, 0.29) is 5.41 Å². The topological polar surface area (TPSA) is 15.3 Å². The lowest BCUT2D eigenvalue weighted by Crippen LogP contribution is -2.43. The minimum atomic E-state index is 0.223. The van der Waals surface area contributed by atoms with Crippen LogP contribution in [0.1, 0.15) is 58.7 Å². The van der Waals surface area contributed by atoms with Crippen molar-refractivity contribution in [2.45, 2.75) is 59.0 Å². The van der Waals surface area contributed by atoms with Gasteiger partial charge in [0, 0.05) is 18.6 Å². The number of benzene rings is 1. The second kappa shape index (κ2) is 7.42. The van der Waals surface area contributed by atoms with E-state index in [9.17, 15) is 0 Å². The van der Waals surface area contributed by atoms with Crippen LogP contribution in [0.5, 0.6) is 0 Å². The molecule has 0 aliphatic rings. The molecule has 120 valence electrons. The highest BCUT2D eigenvalue weighted by atomic mass is 15.1. The van der Waals surface area contributed by atoms with Gasteiger partial charge in [0.05, 0.1) is 0 Å². The summed E-state index contributed by atoms with van der Waals surface area (Å²) < 4.78 is 0. The highest BCUT2D eigenvalue weighted by Gasteiger charge is 2.18. The minimum Gasteiger partial charge on any atom is -0.308 e. The third kappa shape index (κ3) is 5.80. The highest BCUT2D eigenvalue weighted by molar-refractivity contribution is 5.29. The van der Waals surface area contributed by atoms with Gasteiger partial charge in [-0.05, 0) is 43.5 Å². The number of nitrogens with one attached hydrogen (secondary N) is 1. The SMILES string of the molecule is CC(NC(CN(C)C)C(C)C)c1ccc(C(C)(C)C)cc1. The quantitative estimate of drug-likeness (QED) is 0.844. The summed E-state index contributed by atoms with van der Waals surface area (Å²) in [5.41, 5.74) is 2.99. The maximum Gasteiger partial charge on any atom is 0.0294 e. The standard InChI is InChI=1S/C19H34N2/c1-14(2)18(13-21(7)8)20-15(3)16-9-11-17(12-10-16)19(4,5)6/h9-12,14-15,18,20H,13H2,1-8H3. The second-order valence-corrected chi connectivity index (χ2v) is 7.87. The van der Waals surface area contributed by atoms with Crippen molar-refractivity contribution in [2.24, 2.45) is 5.92 Å². The van der Waals surface area contributed by atoms with E-state index < -0.39 is 0 Å². The zero-order valence-electron chi connectivity index (χ0n) is 15.2. The highest BCUT2D eigenvalue weighted by Crippen LogP contribution is 2.24. The van der Waals surface area contributed by atoms with E-state index in [2.05, 4.69) is 90.1 Å². The first kappa shape index (κ1) is 18.2. The Morgan fingerprint density at radius 1 is 1.00 bits per heavy atom. The average Bonchev–Trinajstić information content (AvgIpc) is 2.36. The number of hydrogen-bond donors (Lipinski definition) is 1. The fourth-order valence-corrected chi connectivity index (χ4v) is 2.54. The predicted molar refractivity (Wildman–Crippen MR) is 93.9 cm³/mol. The maximum atomic E-state index is 3.78. The van der Waals surface area contributed by atoms with Crippen molar-refractivity contribution < 1.29 is 0 Å². The number of nitrogens with zero attached hydrogens (tertiary/aromatic N) is 1. The van der Waals surface area contributed by atoms with Crippen LogP contribution in [0, 0.1) is 5.92 Å². The third-order valence-corrected chi connectivity index (χ3v) is 4.11. The van der Waals surface area contributed by atoms with Gasteiger partial charge >= 0.3 is 0 Å². The van der Waals surface area contributed by atoms with Gasteiger partial charge < -0.3 is 10.2 Å². The van der Waals surface area contributed by atoms with Gasteiger partial charge in [0.25, 0.3) is 0 Å². The Hall–Kier alpha value is -0.860. The van der Waals surface area contributed by atoms with E-state index in [0.29, 0.717) is 18.0 Å². The Morgan fingerprint density at radius 2 is 1.52 bits per heavy atom. The summed E-state index contributed by atoms with van der Waals surface area (Å²) in [6, 6.07) is 9.97. The van der Waals surface area contributed by atoms with Crippen LogP contribution in [0.25, 0.3) is 0 Å². The van der Waals surface area contributed by atoms with Gasteiger partial charge in [0.15, 0.2) is 0 Å². The first-order chi connectivity index (χ1) is 9.61. The van der Waals surface area contributed by atoms with Crippen molar-refractivity contribution in [2.75, 3.05) is 20.6 Å². The van der Waals surface area contributed by atoms with Crippen LogP contribution in [-0.4, -0.2) is 31.6 Å². The molecule has 1 aromatic carbocycles. The number of hydrogen-bond acceptors (Lipinski definition) is 2. The molecule has 1 aromatic rings. The molecule has 0 bridgehead atoms. The van der Waals surface area contributed by atoms with Crippen LogP contribution in [0.4, 0.5) is 0 Å². The molecule has 0 heterocycles. The van der Waals surface area contributed by atoms with Crippen molar-refractivity contribution in [3.63, 3.8) is 0 Å². The van der Waals surface area contributed by atoms with Gasteiger partial charge in [-0.15, -0.1) is 0 Å². The summed E-state index contributed by atoms with van der Waals surface area (Å²) in [5, 5.41) is 3.78. The lowest BCUT2D eigenvalue weighted by Gasteiger charge is -2.29. The smallest absolute Gasteiger partial charge is 0.0294 e. The summed E-state index contributed by atoms with van der Waals surface area (Å²) in [6.07, 6.45) is 0. The molecule has 0 spiro atoms. The molecule has 0 radical (unpaired) electrons. The molecule has 0 saturated heterocycles. The molecule has 0 aromatic heterocycles. The maximum absolute atomic E-state index is 3.78. The number of likely N-dealkylation sites (N-methyl/N-ethyl adjacent to an activating group) is 1. The molecule has 21 heavy (non-hydrogen) atoms. The first-order valence-electron chi connectivity index (χ1n) is 8.12. The van der Waals surface area contributed by atoms with Crippen molar-refractivity contribution >= 4 is 0 Å². The van der Waals surface area contributed by atoms with E-state index in [1.807, 2.05) is 0 Å². The summed E-state index contributed by atoms with van der Waals surface area (Å²) >= 11 is 0. The van der Waals surface area contributed by atoms with Gasteiger partial charge in [-0.3, -0.25) is 0 Å². The summed E-state index contributed by atoms with van der Waals surface area (Å²) in [6.45, 7) is 14.7. The Kier molecular flexibility index (Phi) is 6.42. The average molecular weight is 290 g/mol. The van der Waals surface area contributed by atoms with E-state index in [1.54, 1.807) is 0 Å². The molecule has 0 fully saturated rings. The van der Waals surface area contributed by atoms with Gasteiger partial charge in [-0.25, -0.2) is 0 Å². The van der Waals surface area contributed by atoms with Gasteiger partial charge in [0.1, 0.15) is 0 Å². The van der Waals surface area contributed by atoms with Crippen LogP contribution in [0.3, 0.4) is 0 Å². The molecule has 1 N–H and O–H groups in total. The number of rotatable bonds is 6. The first-order valence-corrected chi connectivity index (χ1v) is 8.12. The van der Waals surface area contributed by atoms with E-state index in [4.69, 9.17) is 0 Å². The summed E-state index contributed by atoms with van der Waals surface area (Å²) in [7, 11) is 4.28. The molecule has 1 rings (SSSR count). The van der Waals surface area contributed by atoms with Gasteiger partial charge in [0.2, 0.25) is 0 Å². The van der Waals surface area contributed by atoms with E-state index >= 15 is 0 Å². The van der Waals surface area contributed by atoms with Crippen molar-refractivity contribution in [3.05, 3.63) is 35.4 Å². The molecular weight excluding hydrogens is 256 g/mol. The molecule has 0 aliphatic heterocycles. The predicted octanol–water partition coefficient (Wildman–Crippen LogP) is 4.22. The normalized spacial score (nSPS) is 15.5. The lowest BCUT2D eigenvalue weighted by atomic mass is 9.86. The van der Waals surface area contributed by atoms with Crippen molar-refractivity contribution in [1.29, 1.82) is 0 Å². The molecule has 2 atom stereocenters. The second-order valence-electron chi connectivity index (χ2n) is 7.87. The third-order valence-electron chi connectivity index (χ3n) is 4.11. The largest absolute Gasteiger partial charge is 0.308 e. The van der Waals surface area contributed by atoms with Gasteiger partial charge in [-0.1, -0.05) is 58.9 Å². The lowest BCUT2D eigenvalue weighted by molar-refractivity contribution is 0.273. The zero-order chi connectivity index (χ0) is 16.2. The summed E-state index contributed by atoms with van der Waals surface area (Å²) in [5.74, 6) is 0.628. The Morgan fingerprint density at radius 3 is 1.90 bits per heavy atom. The van der Waals surface area contributed by atoms with E-state index in [1.165, 1.54) is 11.1 Å². The van der Waals surface area contributed by atoms with Gasteiger partial charge in [-0.2, -0.15) is 0 Å². The summed E-state index contributed by atoms with van der Waals surface area (Å²) in [4.78, 5) is 2.26. The van der Waals surface area contributed by atoms with Crippen LogP contribution in [-0.2, 0) is 5.41 Å². The van der Waals surface area contributed by atoms with E-state index in [0.717, 1.165) is 6.54 Å². The molecule has 2 unspecified atom stereocenters. The van der Waals surface area contributed by atoms with Crippen molar-refractivity contribution in [1.82, 2.24) is 10.2 Å². The fourth-order valence-electron chi connectivity index (χ4n) is 2.54. The molecule has 0 amide bonds. The molecule has 0 saturated carbocycles. The Labute approximate surface area is 131 Å². The Bertz CT molecular complexity index is 412. The Balaban J connectivity index is 2.76. The van der Waals surface area contributed by atoms with Crippen molar-refractivity contribution in [3.8, 4) is 0 Å². The molecule has 2 nitrogen and oxygen atoms in total. The molecule has 2 heteroatoms. The minimum absolute atomic E-state index is 0.223.